The van der Waals surface area contributed by atoms with Gasteiger partial charge in [-0.3, -0.25) is 0 Å². The van der Waals surface area contributed by atoms with Gasteiger partial charge in [0, 0.05) is 6.54 Å². The van der Waals surface area contributed by atoms with Crippen molar-refractivity contribution in [3.63, 3.8) is 0 Å². The van der Waals surface area contributed by atoms with Gasteiger partial charge in [0.05, 0.1) is 13.2 Å². The van der Waals surface area contributed by atoms with Gasteiger partial charge in [-0.25, -0.2) is 0 Å². The molecule has 0 bridgehead atoms. The van der Waals surface area contributed by atoms with E-state index < -0.39 is 0 Å². The van der Waals surface area contributed by atoms with E-state index in [-0.39, 0.29) is 0 Å². The van der Waals surface area contributed by atoms with E-state index in [4.69, 9.17) is 9.47 Å². The van der Waals surface area contributed by atoms with Crippen LogP contribution < -0.4 is 10.1 Å². The van der Waals surface area contributed by atoms with E-state index in [0.29, 0.717) is 19.1 Å². The molecule has 1 rings (SSSR count). The van der Waals surface area contributed by atoms with Gasteiger partial charge in [-0.2, -0.15) is 0 Å². The predicted molar refractivity (Wildman–Crippen MR) is 70.5 cm³/mol. The van der Waals surface area contributed by atoms with E-state index in [1.54, 1.807) is 0 Å². The Kier molecular flexibility index (Phi) is 7.43. The van der Waals surface area contributed by atoms with E-state index in [9.17, 15) is 0 Å². The molecular formula is C14H23NO2. The quantitative estimate of drug-likeness (QED) is 0.669. The summed E-state index contributed by atoms with van der Waals surface area (Å²) < 4.78 is 11.0. The van der Waals surface area contributed by atoms with Crippen molar-refractivity contribution >= 4 is 0 Å². The van der Waals surface area contributed by atoms with Crippen LogP contribution in [0.5, 0.6) is 5.75 Å². The molecule has 0 heterocycles. The second kappa shape index (κ2) is 9.02. The Bertz CT molecular complexity index is 275. The third-order valence-electron chi connectivity index (χ3n) is 2.22. The van der Waals surface area contributed by atoms with Gasteiger partial charge >= 0.3 is 0 Å². The highest BCUT2D eigenvalue weighted by Crippen LogP contribution is 2.07. The van der Waals surface area contributed by atoms with Gasteiger partial charge < -0.3 is 14.8 Å². The summed E-state index contributed by atoms with van der Waals surface area (Å²) in [7, 11) is 0. The summed E-state index contributed by atoms with van der Waals surface area (Å²) in [6.07, 6.45) is 0. The number of rotatable bonds is 9. The molecule has 0 aliphatic carbocycles. The number of benzene rings is 1. The molecule has 0 saturated heterocycles. The van der Waals surface area contributed by atoms with Crippen LogP contribution in [0.4, 0.5) is 0 Å². The molecule has 0 amide bonds. The van der Waals surface area contributed by atoms with Gasteiger partial charge in [-0.1, -0.05) is 32.0 Å². The lowest BCUT2D eigenvalue weighted by Gasteiger charge is -2.09. The van der Waals surface area contributed by atoms with Gasteiger partial charge in [0.25, 0.3) is 0 Å². The monoisotopic (exact) mass is 237 g/mol. The first-order valence-corrected chi connectivity index (χ1v) is 6.25. The number of hydrogen-bond acceptors (Lipinski definition) is 3. The van der Waals surface area contributed by atoms with Crippen molar-refractivity contribution in [1.29, 1.82) is 0 Å². The van der Waals surface area contributed by atoms with Crippen LogP contribution >= 0.6 is 0 Å². The van der Waals surface area contributed by atoms with Crippen molar-refractivity contribution in [3.05, 3.63) is 30.3 Å². The standard InChI is InChI=1S/C14H23NO2/c1-13(2)12-15-8-9-16-10-11-17-14-6-4-3-5-7-14/h3-7,13,15H,8-12H2,1-2H3. The minimum absolute atomic E-state index is 0.605. The van der Waals surface area contributed by atoms with E-state index >= 15 is 0 Å². The van der Waals surface area contributed by atoms with Gasteiger partial charge in [0.15, 0.2) is 0 Å². The van der Waals surface area contributed by atoms with Gasteiger partial charge in [0.1, 0.15) is 12.4 Å². The SMILES string of the molecule is CC(C)CNCCOCCOc1ccccc1. The van der Waals surface area contributed by atoms with Crippen molar-refractivity contribution < 1.29 is 9.47 Å². The zero-order valence-electron chi connectivity index (χ0n) is 10.8. The molecule has 3 heteroatoms. The fraction of sp³-hybridized carbons (Fsp3) is 0.571. The zero-order valence-corrected chi connectivity index (χ0v) is 10.8. The first-order valence-electron chi connectivity index (χ1n) is 6.25. The lowest BCUT2D eigenvalue weighted by Crippen LogP contribution is -2.24. The third kappa shape index (κ3) is 7.77. The molecule has 0 atom stereocenters. The maximum absolute atomic E-state index is 5.51. The van der Waals surface area contributed by atoms with Crippen molar-refractivity contribution in [2.24, 2.45) is 5.92 Å². The fourth-order valence-corrected chi connectivity index (χ4v) is 1.37. The van der Waals surface area contributed by atoms with Gasteiger partial charge in [0.2, 0.25) is 0 Å². The fourth-order valence-electron chi connectivity index (χ4n) is 1.37. The highest BCUT2D eigenvalue weighted by Gasteiger charge is 1.94. The third-order valence-corrected chi connectivity index (χ3v) is 2.22. The smallest absolute Gasteiger partial charge is 0.119 e. The number of ether oxygens (including phenoxy) is 2. The van der Waals surface area contributed by atoms with Crippen molar-refractivity contribution in [3.8, 4) is 5.75 Å². The van der Waals surface area contributed by atoms with Crippen LogP contribution in [-0.2, 0) is 4.74 Å². The summed E-state index contributed by atoms with van der Waals surface area (Å²) in [4.78, 5) is 0. The zero-order chi connectivity index (χ0) is 12.3. The van der Waals surface area contributed by atoms with E-state index in [1.807, 2.05) is 30.3 Å². The number of nitrogens with one attached hydrogen (secondary N) is 1. The topological polar surface area (TPSA) is 30.5 Å². The summed E-state index contributed by atoms with van der Waals surface area (Å²) >= 11 is 0. The molecule has 0 saturated carbocycles. The molecule has 0 radical (unpaired) electrons. The largest absolute Gasteiger partial charge is 0.491 e. The second-order valence-electron chi connectivity index (χ2n) is 4.37. The van der Waals surface area contributed by atoms with Gasteiger partial charge in [-0.15, -0.1) is 0 Å². The Morgan fingerprint density at radius 3 is 2.53 bits per heavy atom. The molecule has 1 aromatic rings. The predicted octanol–water partition coefficient (Wildman–Crippen LogP) is 2.33. The number of hydrogen-bond donors (Lipinski definition) is 1. The molecule has 0 aliphatic heterocycles. The second-order valence-corrected chi connectivity index (χ2v) is 4.37. The maximum Gasteiger partial charge on any atom is 0.119 e. The Hall–Kier alpha value is -1.06. The lowest BCUT2D eigenvalue weighted by molar-refractivity contribution is 0.101. The van der Waals surface area contributed by atoms with Gasteiger partial charge in [-0.05, 0) is 24.6 Å². The van der Waals surface area contributed by atoms with Crippen LogP contribution in [0.3, 0.4) is 0 Å². The van der Waals surface area contributed by atoms with Crippen LogP contribution in [0.1, 0.15) is 13.8 Å². The Morgan fingerprint density at radius 2 is 1.82 bits per heavy atom. The average Bonchev–Trinajstić information content (AvgIpc) is 2.33. The first-order chi connectivity index (χ1) is 8.29. The molecule has 0 unspecified atom stereocenters. The van der Waals surface area contributed by atoms with Crippen LogP contribution in [0.15, 0.2) is 30.3 Å². The summed E-state index contributed by atoms with van der Waals surface area (Å²) in [5.74, 6) is 1.59. The lowest BCUT2D eigenvalue weighted by atomic mass is 10.2. The molecular weight excluding hydrogens is 214 g/mol. The molecule has 3 nitrogen and oxygen atoms in total. The molecule has 1 N–H and O–H groups in total. The summed E-state index contributed by atoms with van der Waals surface area (Å²) in [6.45, 7) is 8.33. The summed E-state index contributed by atoms with van der Waals surface area (Å²) in [5, 5.41) is 3.33. The Balaban J connectivity index is 1.88. The minimum Gasteiger partial charge on any atom is -0.491 e. The highest BCUT2D eigenvalue weighted by molar-refractivity contribution is 5.20. The average molecular weight is 237 g/mol. The molecule has 0 spiro atoms. The number of para-hydroxylation sites is 1. The summed E-state index contributed by atoms with van der Waals surface area (Å²) in [5.41, 5.74) is 0. The van der Waals surface area contributed by atoms with Crippen LogP contribution in [0.25, 0.3) is 0 Å². The van der Waals surface area contributed by atoms with Crippen molar-refractivity contribution in [1.82, 2.24) is 5.32 Å². The molecule has 0 fully saturated rings. The Labute approximate surface area is 104 Å². The minimum atomic E-state index is 0.605. The highest BCUT2D eigenvalue weighted by atomic mass is 16.5. The molecule has 17 heavy (non-hydrogen) atoms. The van der Waals surface area contributed by atoms with E-state index in [2.05, 4.69) is 19.2 Å². The van der Waals surface area contributed by atoms with Crippen molar-refractivity contribution in [2.75, 3.05) is 32.9 Å². The molecule has 0 aliphatic rings. The van der Waals surface area contributed by atoms with E-state index in [1.165, 1.54) is 0 Å². The van der Waals surface area contributed by atoms with E-state index in [0.717, 1.165) is 25.4 Å². The normalized spacial score (nSPS) is 10.8. The van der Waals surface area contributed by atoms with Crippen LogP contribution in [-0.4, -0.2) is 32.9 Å². The molecule has 96 valence electrons. The maximum atomic E-state index is 5.51. The van der Waals surface area contributed by atoms with Crippen LogP contribution in [0.2, 0.25) is 0 Å². The molecule has 1 aromatic carbocycles. The van der Waals surface area contributed by atoms with Crippen molar-refractivity contribution in [2.45, 2.75) is 13.8 Å². The summed E-state index contributed by atoms with van der Waals surface area (Å²) in [6, 6.07) is 9.80. The van der Waals surface area contributed by atoms with Crippen LogP contribution in [0, 0.1) is 5.92 Å². The first kappa shape index (κ1) is 14.0. The molecule has 0 aromatic heterocycles. The Morgan fingerprint density at radius 1 is 1.06 bits per heavy atom.